The van der Waals surface area contributed by atoms with Gasteiger partial charge in [0.15, 0.2) is 0 Å². The van der Waals surface area contributed by atoms with Crippen LogP contribution in [0.5, 0.6) is 0 Å². The molecule has 0 unspecified atom stereocenters. The number of hydrogen-bond acceptors (Lipinski definition) is 5. The van der Waals surface area contributed by atoms with Gasteiger partial charge in [0.2, 0.25) is 10.2 Å². The number of rotatable bonds is 3. The van der Waals surface area contributed by atoms with Crippen molar-refractivity contribution in [2.75, 3.05) is 0 Å². The fourth-order valence-corrected chi connectivity index (χ4v) is 2.86. The molecule has 96 valence electrons. The van der Waals surface area contributed by atoms with Crippen LogP contribution in [0, 0.1) is 0 Å². The molecular weight excluding hydrogens is 307 g/mol. The highest BCUT2D eigenvalue weighted by Crippen LogP contribution is 2.29. The molecule has 0 aliphatic carbocycles. The first-order valence-corrected chi connectivity index (χ1v) is 6.85. The Hall–Kier alpha value is -1.50. The zero-order valence-corrected chi connectivity index (χ0v) is 11.7. The molecule has 0 aliphatic rings. The van der Waals surface area contributed by atoms with Gasteiger partial charge in [-0.3, -0.25) is 4.79 Å². The molecule has 0 aliphatic heterocycles. The van der Waals surface area contributed by atoms with E-state index in [2.05, 4.69) is 15.3 Å². The lowest BCUT2D eigenvalue weighted by Gasteiger charge is -2.02. The van der Waals surface area contributed by atoms with Crippen molar-refractivity contribution in [3.63, 3.8) is 0 Å². The van der Waals surface area contributed by atoms with Crippen LogP contribution in [0.25, 0.3) is 15.5 Å². The molecular formula is C11H6Cl2N4OS. The lowest BCUT2D eigenvalue weighted by atomic mass is 10.1. The van der Waals surface area contributed by atoms with E-state index in [1.807, 2.05) is 6.07 Å². The van der Waals surface area contributed by atoms with Crippen molar-refractivity contribution in [2.45, 2.75) is 6.42 Å². The number of halogens is 2. The summed E-state index contributed by atoms with van der Waals surface area (Å²) in [5, 5.41) is 12.8. The van der Waals surface area contributed by atoms with Crippen LogP contribution in [-0.4, -0.2) is 25.1 Å². The van der Waals surface area contributed by atoms with Crippen LogP contribution >= 0.6 is 34.5 Å². The lowest BCUT2D eigenvalue weighted by molar-refractivity contribution is -0.111. The first kappa shape index (κ1) is 12.5. The third kappa shape index (κ3) is 2.47. The van der Waals surface area contributed by atoms with Gasteiger partial charge in [0, 0.05) is 17.0 Å². The predicted octanol–water partition coefficient (Wildman–Crippen LogP) is 2.81. The average Bonchev–Trinajstić information content (AvgIpc) is 2.91. The van der Waals surface area contributed by atoms with Crippen molar-refractivity contribution in [2.24, 2.45) is 0 Å². The van der Waals surface area contributed by atoms with Gasteiger partial charge in [0.05, 0.1) is 0 Å². The Bertz CT molecular complexity index is 738. The summed E-state index contributed by atoms with van der Waals surface area (Å²) >= 11 is 12.9. The van der Waals surface area contributed by atoms with E-state index < -0.39 is 5.24 Å². The van der Waals surface area contributed by atoms with Gasteiger partial charge in [0.1, 0.15) is 11.3 Å². The summed E-state index contributed by atoms with van der Waals surface area (Å²) in [6.45, 7) is 0. The molecule has 5 nitrogen and oxygen atoms in total. The maximum absolute atomic E-state index is 10.9. The van der Waals surface area contributed by atoms with E-state index >= 15 is 0 Å². The standard InChI is InChI=1S/C11H6Cl2N4OS/c12-8-3-7(2-1-6(8)4-9(13)18)10-16-17-5-14-15-11(17)19-10/h1-3,5H,4H2. The van der Waals surface area contributed by atoms with Crippen LogP contribution in [-0.2, 0) is 11.2 Å². The van der Waals surface area contributed by atoms with Crippen LogP contribution < -0.4 is 0 Å². The van der Waals surface area contributed by atoms with Crippen LogP contribution in [0.2, 0.25) is 5.02 Å². The van der Waals surface area contributed by atoms with E-state index in [9.17, 15) is 4.79 Å². The van der Waals surface area contributed by atoms with Gasteiger partial charge in [-0.05, 0) is 23.2 Å². The maximum atomic E-state index is 10.9. The van der Waals surface area contributed by atoms with Crippen LogP contribution in [0.3, 0.4) is 0 Å². The lowest BCUT2D eigenvalue weighted by Crippen LogP contribution is -1.94. The molecule has 1 aromatic carbocycles. The third-order valence-electron chi connectivity index (χ3n) is 2.52. The molecule has 0 amide bonds. The molecule has 8 heteroatoms. The summed E-state index contributed by atoms with van der Waals surface area (Å²) in [6.07, 6.45) is 1.66. The Morgan fingerprint density at radius 2 is 2.26 bits per heavy atom. The fraction of sp³-hybridized carbons (Fsp3) is 0.0909. The quantitative estimate of drug-likeness (QED) is 0.698. The third-order valence-corrected chi connectivity index (χ3v) is 3.96. The smallest absolute Gasteiger partial charge is 0.234 e. The highest BCUT2D eigenvalue weighted by Gasteiger charge is 2.11. The summed E-state index contributed by atoms with van der Waals surface area (Å²) in [7, 11) is 0. The SMILES string of the molecule is O=C(Cl)Cc1ccc(-c2nn3cnnc3s2)cc1Cl. The molecule has 0 saturated carbocycles. The number of aromatic nitrogens is 4. The van der Waals surface area contributed by atoms with Crippen molar-refractivity contribution >= 4 is 44.7 Å². The van der Waals surface area contributed by atoms with Crippen molar-refractivity contribution in [1.82, 2.24) is 19.8 Å². The minimum absolute atomic E-state index is 0.117. The van der Waals surface area contributed by atoms with Crippen molar-refractivity contribution in [3.8, 4) is 10.6 Å². The topological polar surface area (TPSA) is 60.2 Å². The monoisotopic (exact) mass is 312 g/mol. The average molecular weight is 313 g/mol. The van der Waals surface area contributed by atoms with Gasteiger partial charge in [-0.15, -0.1) is 10.2 Å². The van der Waals surface area contributed by atoms with Gasteiger partial charge >= 0.3 is 0 Å². The normalized spacial score (nSPS) is 11.1. The van der Waals surface area contributed by atoms with E-state index in [-0.39, 0.29) is 6.42 Å². The van der Waals surface area contributed by atoms with Crippen LogP contribution in [0.15, 0.2) is 24.5 Å². The summed E-state index contributed by atoms with van der Waals surface area (Å²) in [6, 6.07) is 5.40. The van der Waals surface area contributed by atoms with Gasteiger partial charge in [-0.1, -0.05) is 35.1 Å². The first-order valence-electron chi connectivity index (χ1n) is 5.27. The summed E-state index contributed by atoms with van der Waals surface area (Å²) in [5.74, 6) is 0. The number of carbonyl (C=O) groups is 1. The molecule has 0 saturated heterocycles. The Morgan fingerprint density at radius 1 is 1.42 bits per heavy atom. The van der Waals surface area contributed by atoms with Gasteiger partial charge in [-0.25, -0.2) is 0 Å². The molecule has 0 fully saturated rings. The van der Waals surface area contributed by atoms with Gasteiger partial charge in [-0.2, -0.15) is 9.61 Å². The zero-order valence-electron chi connectivity index (χ0n) is 9.38. The second kappa shape index (κ2) is 4.88. The molecule has 3 aromatic rings. The Kier molecular flexibility index (Phi) is 3.22. The van der Waals surface area contributed by atoms with Crippen molar-refractivity contribution < 1.29 is 4.79 Å². The van der Waals surface area contributed by atoms with E-state index in [0.29, 0.717) is 15.5 Å². The molecule has 19 heavy (non-hydrogen) atoms. The van der Waals surface area contributed by atoms with E-state index in [0.717, 1.165) is 10.6 Å². The minimum atomic E-state index is -0.437. The molecule has 3 rings (SSSR count). The second-order valence-corrected chi connectivity index (χ2v) is 5.59. The van der Waals surface area contributed by atoms with E-state index in [1.165, 1.54) is 17.7 Å². The molecule has 0 spiro atoms. The Labute approximate surface area is 121 Å². The number of carbonyl (C=O) groups excluding carboxylic acids is 1. The molecule has 2 aromatic heterocycles. The van der Waals surface area contributed by atoms with Gasteiger partial charge < -0.3 is 0 Å². The van der Waals surface area contributed by atoms with Gasteiger partial charge in [0.25, 0.3) is 0 Å². The Morgan fingerprint density at radius 3 is 2.95 bits per heavy atom. The largest absolute Gasteiger partial charge is 0.281 e. The predicted molar refractivity (Wildman–Crippen MR) is 73.7 cm³/mol. The number of benzene rings is 1. The highest BCUT2D eigenvalue weighted by molar-refractivity contribution is 7.19. The van der Waals surface area contributed by atoms with Crippen molar-refractivity contribution in [3.05, 3.63) is 35.1 Å². The molecule has 0 radical (unpaired) electrons. The number of fused-ring (bicyclic) bond motifs is 1. The Balaban J connectivity index is 1.99. The second-order valence-electron chi connectivity index (χ2n) is 3.80. The highest BCUT2D eigenvalue weighted by atomic mass is 35.5. The summed E-state index contributed by atoms with van der Waals surface area (Å²) in [4.78, 5) is 11.6. The van der Waals surface area contributed by atoms with E-state index in [4.69, 9.17) is 23.2 Å². The molecule has 0 atom stereocenters. The molecule has 0 N–H and O–H groups in total. The van der Waals surface area contributed by atoms with E-state index in [1.54, 1.807) is 16.6 Å². The minimum Gasteiger partial charge on any atom is -0.281 e. The zero-order chi connectivity index (χ0) is 13.4. The number of hydrogen-bond donors (Lipinski definition) is 0. The maximum Gasteiger partial charge on any atom is 0.234 e. The first-order chi connectivity index (χ1) is 9.13. The van der Waals surface area contributed by atoms with Crippen molar-refractivity contribution in [1.29, 1.82) is 0 Å². The van der Waals surface area contributed by atoms with Crippen LogP contribution in [0.1, 0.15) is 5.56 Å². The molecule has 2 heterocycles. The molecule has 0 bridgehead atoms. The fourth-order valence-electron chi connectivity index (χ4n) is 1.65. The summed E-state index contributed by atoms with van der Waals surface area (Å²) in [5.41, 5.74) is 1.57. The summed E-state index contributed by atoms with van der Waals surface area (Å²) < 4.78 is 1.60. The number of nitrogens with zero attached hydrogens (tertiary/aromatic N) is 4. The van der Waals surface area contributed by atoms with Crippen LogP contribution in [0.4, 0.5) is 0 Å².